The number of aromatic amines is 1. The van der Waals surface area contributed by atoms with Crippen molar-refractivity contribution in [1.82, 2.24) is 20.8 Å². The van der Waals surface area contributed by atoms with Crippen molar-refractivity contribution in [2.75, 3.05) is 19.8 Å². The maximum atomic E-state index is 12.4. The molecule has 27 heavy (non-hydrogen) atoms. The van der Waals surface area contributed by atoms with Crippen LogP contribution >= 0.6 is 0 Å². The van der Waals surface area contributed by atoms with Crippen LogP contribution in [-0.4, -0.2) is 42.0 Å². The molecule has 1 fully saturated rings. The summed E-state index contributed by atoms with van der Waals surface area (Å²) in [7, 11) is 0. The van der Waals surface area contributed by atoms with Crippen molar-refractivity contribution in [3.05, 3.63) is 52.3 Å². The van der Waals surface area contributed by atoms with Crippen LogP contribution in [0.1, 0.15) is 45.7 Å². The van der Waals surface area contributed by atoms with Crippen molar-refractivity contribution in [3.8, 4) is 0 Å². The Morgan fingerprint density at radius 1 is 1.22 bits per heavy atom. The van der Waals surface area contributed by atoms with E-state index < -0.39 is 0 Å². The number of nitrogens with zero attached hydrogens (tertiary/aromatic N) is 1. The highest BCUT2D eigenvalue weighted by Gasteiger charge is 2.21. The topological polar surface area (TPSA) is 88.3 Å². The second-order valence-electron chi connectivity index (χ2n) is 7.08. The molecule has 7 heteroatoms. The molecule has 0 radical (unpaired) electrons. The van der Waals surface area contributed by atoms with Gasteiger partial charge in [0.2, 0.25) is 0 Å². The smallest absolute Gasteiger partial charge is 0.272 e. The van der Waals surface area contributed by atoms with Crippen LogP contribution in [0.25, 0.3) is 0 Å². The molecule has 0 atom stereocenters. The van der Waals surface area contributed by atoms with E-state index in [1.54, 1.807) is 0 Å². The number of H-pyrrole nitrogens is 1. The normalized spacial score (nSPS) is 17.5. The van der Waals surface area contributed by atoms with E-state index in [0.29, 0.717) is 31.5 Å². The second kappa shape index (κ2) is 8.65. The summed E-state index contributed by atoms with van der Waals surface area (Å²) in [5.74, 6) is -0.136. The van der Waals surface area contributed by atoms with Gasteiger partial charge in [0.1, 0.15) is 0 Å². The van der Waals surface area contributed by atoms with Crippen molar-refractivity contribution < 1.29 is 14.3 Å². The number of rotatable bonds is 6. The Balaban J connectivity index is 1.27. The molecule has 144 valence electrons. The van der Waals surface area contributed by atoms with Crippen molar-refractivity contribution in [2.24, 2.45) is 0 Å². The third kappa shape index (κ3) is 4.55. The molecule has 1 saturated heterocycles. The Labute approximate surface area is 158 Å². The first-order valence-corrected chi connectivity index (χ1v) is 9.62. The van der Waals surface area contributed by atoms with Gasteiger partial charge in [-0.15, -0.1) is 0 Å². The van der Waals surface area contributed by atoms with Gasteiger partial charge >= 0.3 is 0 Å². The maximum Gasteiger partial charge on any atom is 0.272 e. The van der Waals surface area contributed by atoms with E-state index in [2.05, 4.69) is 33.0 Å². The molecule has 1 aromatic heterocycles. The lowest BCUT2D eigenvalue weighted by atomic mass is 10.1. The van der Waals surface area contributed by atoms with E-state index in [9.17, 15) is 4.79 Å². The number of fused-ring (bicyclic) bond motifs is 1. The molecule has 2 aromatic rings. The Bertz CT molecular complexity index is 766. The van der Waals surface area contributed by atoms with E-state index in [1.807, 2.05) is 12.1 Å². The van der Waals surface area contributed by atoms with E-state index in [4.69, 9.17) is 9.47 Å². The lowest BCUT2D eigenvalue weighted by Crippen LogP contribution is -2.28. The fourth-order valence-electron chi connectivity index (χ4n) is 3.49. The van der Waals surface area contributed by atoms with Gasteiger partial charge < -0.3 is 20.1 Å². The summed E-state index contributed by atoms with van der Waals surface area (Å²) in [5, 5.41) is 13.4. The SMILES string of the molecule is O=C(NCc1ccc(COC2CCOCC2)cc1)c1n[nH]c2c1CNCC2. The fourth-order valence-corrected chi connectivity index (χ4v) is 3.49. The number of hydrogen-bond acceptors (Lipinski definition) is 5. The Morgan fingerprint density at radius 3 is 2.81 bits per heavy atom. The molecule has 0 saturated carbocycles. The van der Waals surface area contributed by atoms with Crippen LogP contribution in [-0.2, 0) is 35.6 Å². The predicted molar refractivity (Wildman–Crippen MR) is 100 cm³/mol. The van der Waals surface area contributed by atoms with E-state index in [1.165, 1.54) is 0 Å². The van der Waals surface area contributed by atoms with Gasteiger partial charge in [0.15, 0.2) is 5.69 Å². The number of amides is 1. The molecular weight excluding hydrogens is 344 g/mol. The molecule has 4 rings (SSSR count). The Morgan fingerprint density at radius 2 is 2.00 bits per heavy atom. The number of carbonyl (C=O) groups excluding carboxylic acids is 1. The molecule has 0 bridgehead atoms. The quantitative estimate of drug-likeness (QED) is 0.720. The van der Waals surface area contributed by atoms with Crippen LogP contribution in [0.4, 0.5) is 0 Å². The fraction of sp³-hybridized carbons (Fsp3) is 0.500. The summed E-state index contributed by atoms with van der Waals surface area (Å²) >= 11 is 0. The van der Waals surface area contributed by atoms with E-state index in [0.717, 1.165) is 61.4 Å². The average Bonchev–Trinajstić information content (AvgIpc) is 3.16. The van der Waals surface area contributed by atoms with Gasteiger partial charge in [0, 0.05) is 50.5 Å². The molecule has 2 aliphatic rings. The van der Waals surface area contributed by atoms with Crippen molar-refractivity contribution in [1.29, 1.82) is 0 Å². The number of nitrogens with one attached hydrogen (secondary N) is 3. The summed E-state index contributed by atoms with van der Waals surface area (Å²) in [6.45, 7) is 4.28. The van der Waals surface area contributed by atoms with Gasteiger partial charge in [-0.2, -0.15) is 5.10 Å². The van der Waals surface area contributed by atoms with Crippen molar-refractivity contribution in [3.63, 3.8) is 0 Å². The number of ether oxygens (including phenoxy) is 2. The van der Waals surface area contributed by atoms with Crippen molar-refractivity contribution >= 4 is 5.91 Å². The predicted octanol–water partition coefficient (Wildman–Crippen LogP) is 1.68. The van der Waals surface area contributed by atoms with Gasteiger partial charge in [-0.3, -0.25) is 9.89 Å². The van der Waals surface area contributed by atoms with Crippen molar-refractivity contribution in [2.45, 2.75) is 45.1 Å². The first-order valence-electron chi connectivity index (χ1n) is 9.62. The number of hydrogen-bond donors (Lipinski definition) is 3. The highest BCUT2D eigenvalue weighted by atomic mass is 16.5. The summed E-state index contributed by atoms with van der Waals surface area (Å²) in [6.07, 6.45) is 3.12. The third-order valence-electron chi connectivity index (χ3n) is 5.15. The zero-order chi connectivity index (χ0) is 18.5. The monoisotopic (exact) mass is 370 g/mol. The summed E-state index contributed by atoms with van der Waals surface area (Å²) in [6, 6.07) is 8.18. The van der Waals surface area contributed by atoms with Crippen LogP contribution < -0.4 is 10.6 Å². The molecule has 3 heterocycles. The number of carbonyl (C=O) groups is 1. The first-order chi connectivity index (χ1) is 13.3. The van der Waals surface area contributed by atoms with Gasteiger partial charge in [-0.25, -0.2) is 0 Å². The van der Waals surface area contributed by atoms with Crippen LogP contribution in [0.3, 0.4) is 0 Å². The molecule has 3 N–H and O–H groups in total. The molecule has 0 unspecified atom stereocenters. The highest BCUT2D eigenvalue weighted by molar-refractivity contribution is 5.94. The Kier molecular flexibility index (Phi) is 5.81. The lowest BCUT2D eigenvalue weighted by Gasteiger charge is -2.22. The van der Waals surface area contributed by atoms with Crippen LogP contribution in [0.15, 0.2) is 24.3 Å². The average molecular weight is 370 g/mol. The minimum absolute atomic E-state index is 0.136. The van der Waals surface area contributed by atoms with Gasteiger partial charge in [0.05, 0.1) is 12.7 Å². The van der Waals surface area contributed by atoms with Gasteiger partial charge in [-0.05, 0) is 24.0 Å². The molecule has 7 nitrogen and oxygen atoms in total. The minimum Gasteiger partial charge on any atom is -0.381 e. The second-order valence-corrected chi connectivity index (χ2v) is 7.08. The standard InChI is InChI=1S/C20H26N4O3/c25-20(19-17-12-21-8-5-18(17)23-24-19)22-11-14-1-3-15(4-2-14)13-27-16-6-9-26-10-7-16/h1-4,16,21H,5-13H2,(H,22,25)(H,23,24). The molecular formula is C20H26N4O3. The summed E-state index contributed by atoms with van der Waals surface area (Å²) in [5.41, 5.74) is 4.75. The molecule has 2 aliphatic heterocycles. The Hall–Kier alpha value is -2.22. The highest BCUT2D eigenvalue weighted by Crippen LogP contribution is 2.16. The maximum absolute atomic E-state index is 12.4. The zero-order valence-electron chi connectivity index (χ0n) is 15.4. The largest absolute Gasteiger partial charge is 0.381 e. The van der Waals surface area contributed by atoms with Crippen LogP contribution in [0.2, 0.25) is 0 Å². The molecule has 0 spiro atoms. The van der Waals surface area contributed by atoms with Crippen LogP contribution in [0, 0.1) is 0 Å². The minimum atomic E-state index is -0.136. The molecule has 1 aromatic carbocycles. The first kappa shape index (κ1) is 18.2. The lowest BCUT2D eigenvalue weighted by molar-refractivity contribution is -0.0390. The third-order valence-corrected chi connectivity index (χ3v) is 5.15. The summed E-state index contributed by atoms with van der Waals surface area (Å²) < 4.78 is 11.3. The van der Waals surface area contributed by atoms with E-state index >= 15 is 0 Å². The molecule has 0 aliphatic carbocycles. The molecule has 1 amide bonds. The van der Waals surface area contributed by atoms with Gasteiger partial charge in [-0.1, -0.05) is 24.3 Å². The number of aromatic nitrogens is 2. The van der Waals surface area contributed by atoms with Crippen LogP contribution in [0.5, 0.6) is 0 Å². The van der Waals surface area contributed by atoms with Gasteiger partial charge in [0.25, 0.3) is 5.91 Å². The number of benzene rings is 1. The summed E-state index contributed by atoms with van der Waals surface area (Å²) in [4.78, 5) is 12.4. The van der Waals surface area contributed by atoms with E-state index in [-0.39, 0.29) is 5.91 Å². The zero-order valence-corrected chi connectivity index (χ0v) is 15.4.